The number of aromatic nitrogens is 4. The average Bonchev–Trinajstić information content (AvgIpc) is 3.17. The normalized spacial score (nSPS) is 12.7. The minimum atomic E-state index is -3.87. The predicted octanol–water partition coefficient (Wildman–Crippen LogP) is 3.21. The summed E-state index contributed by atoms with van der Waals surface area (Å²) >= 11 is 0. The first-order valence-corrected chi connectivity index (χ1v) is 11.5. The molecule has 4 N–H and O–H groups in total. The quantitative estimate of drug-likeness (QED) is 0.388. The number of anilines is 4. The third kappa shape index (κ3) is 4.13. The zero-order chi connectivity index (χ0) is 23.2. The molecule has 0 aliphatic heterocycles. The van der Waals surface area contributed by atoms with Crippen LogP contribution in [0.1, 0.15) is 17.0 Å². The van der Waals surface area contributed by atoms with E-state index >= 15 is 0 Å². The van der Waals surface area contributed by atoms with E-state index in [1.807, 2.05) is 12.1 Å². The number of nitrogens with zero attached hydrogens (tertiary/aromatic N) is 4. The van der Waals surface area contributed by atoms with Crippen molar-refractivity contribution in [2.75, 3.05) is 10.6 Å². The zero-order valence-electron chi connectivity index (χ0n) is 17.3. The fourth-order valence-corrected chi connectivity index (χ4v) is 4.14. The molecular formula is C21H18FN7O3S. The molecule has 33 heavy (non-hydrogen) atoms. The maximum Gasteiger partial charge on any atom is 0.258 e. The van der Waals surface area contributed by atoms with Crippen LogP contribution < -0.4 is 15.8 Å². The molecule has 0 unspecified atom stereocenters. The highest BCUT2D eigenvalue weighted by Gasteiger charge is 2.25. The van der Waals surface area contributed by atoms with Gasteiger partial charge < -0.3 is 15.2 Å². The molecule has 1 aliphatic rings. The Labute approximate surface area is 188 Å². The first-order chi connectivity index (χ1) is 15.8. The van der Waals surface area contributed by atoms with E-state index in [9.17, 15) is 12.8 Å². The van der Waals surface area contributed by atoms with Crippen molar-refractivity contribution in [3.05, 3.63) is 65.4 Å². The lowest BCUT2D eigenvalue weighted by atomic mass is 9.83. The Bertz CT molecular complexity index is 1490. The van der Waals surface area contributed by atoms with Crippen LogP contribution in [0.15, 0.2) is 52.0 Å². The summed E-state index contributed by atoms with van der Waals surface area (Å²) in [6, 6.07) is 9.53. The molecule has 12 heteroatoms. The first-order valence-electron chi connectivity index (χ1n) is 9.93. The SMILES string of the molecule is Cc1noc(-c2ccc(Nc3nc(Nc4cccc(S(N)(=O)=O)c4)ncc3F)c3c2CC3)n1. The number of primary sulfonamides is 1. The number of nitrogens with one attached hydrogen (secondary N) is 2. The van der Waals surface area contributed by atoms with Gasteiger partial charge in [0.2, 0.25) is 16.0 Å². The molecule has 5 rings (SSSR count). The van der Waals surface area contributed by atoms with Gasteiger partial charge >= 0.3 is 0 Å². The van der Waals surface area contributed by atoms with Gasteiger partial charge in [0, 0.05) is 16.9 Å². The van der Waals surface area contributed by atoms with Gasteiger partial charge in [-0.05, 0) is 61.2 Å². The van der Waals surface area contributed by atoms with Crippen molar-refractivity contribution in [1.82, 2.24) is 20.1 Å². The van der Waals surface area contributed by atoms with E-state index in [2.05, 4.69) is 30.7 Å². The van der Waals surface area contributed by atoms with Gasteiger partial charge in [0.1, 0.15) is 0 Å². The van der Waals surface area contributed by atoms with Gasteiger partial charge in [0.05, 0.1) is 11.1 Å². The monoisotopic (exact) mass is 467 g/mol. The zero-order valence-corrected chi connectivity index (χ0v) is 18.1. The van der Waals surface area contributed by atoms with E-state index in [-0.39, 0.29) is 16.7 Å². The summed E-state index contributed by atoms with van der Waals surface area (Å²) in [5.41, 5.74) is 4.06. The average molecular weight is 467 g/mol. The number of hydrogen-bond acceptors (Lipinski definition) is 9. The molecule has 4 aromatic rings. The molecule has 2 aromatic heterocycles. The van der Waals surface area contributed by atoms with Crippen LogP contribution in [0, 0.1) is 12.7 Å². The maximum atomic E-state index is 14.5. The van der Waals surface area contributed by atoms with Crippen molar-refractivity contribution >= 4 is 33.2 Å². The highest BCUT2D eigenvalue weighted by Crippen LogP contribution is 2.39. The molecule has 10 nitrogen and oxygen atoms in total. The smallest absolute Gasteiger partial charge is 0.258 e. The summed E-state index contributed by atoms with van der Waals surface area (Å²) in [6.07, 6.45) is 2.70. The van der Waals surface area contributed by atoms with Crippen LogP contribution in [0.2, 0.25) is 0 Å². The number of benzene rings is 2. The van der Waals surface area contributed by atoms with E-state index in [0.29, 0.717) is 17.4 Å². The second-order valence-electron chi connectivity index (χ2n) is 7.48. The van der Waals surface area contributed by atoms with E-state index in [4.69, 9.17) is 9.66 Å². The number of sulfonamides is 1. The summed E-state index contributed by atoms with van der Waals surface area (Å²) in [5.74, 6) is 0.436. The van der Waals surface area contributed by atoms with Gasteiger partial charge in [-0.25, -0.2) is 22.9 Å². The third-order valence-electron chi connectivity index (χ3n) is 5.23. The van der Waals surface area contributed by atoms with Crippen molar-refractivity contribution < 1.29 is 17.3 Å². The van der Waals surface area contributed by atoms with Gasteiger partial charge in [0.25, 0.3) is 5.89 Å². The molecule has 0 fully saturated rings. The number of nitrogens with two attached hydrogens (primary N) is 1. The maximum absolute atomic E-state index is 14.5. The molecule has 1 aliphatic carbocycles. The van der Waals surface area contributed by atoms with Crippen LogP contribution in [0.3, 0.4) is 0 Å². The molecule has 2 aromatic carbocycles. The Hall–Kier alpha value is -3.90. The molecule has 0 bridgehead atoms. The Kier molecular flexibility index (Phi) is 5.02. The van der Waals surface area contributed by atoms with Crippen LogP contribution in [0.25, 0.3) is 11.5 Å². The Morgan fingerprint density at radius 2 is 1.91 bits per heavy atom. The van der Waals surface area contributed by atoms with E-state index in [1.165, 1.54) is 18.2 Å². The Morgan fingerprint density at radius 3 is 2.61 bits per heavy atom. The summed E-state index contributed by atoms with van der Waals surface area (Å²) in [4.78, 5) is 12.4. The minimum absolute atomic E-state index is 0.0226. The molecule has 168 valence electrons. The number of hydrogen-bond donors (Lipinski definition) is 3. The van der Waals surface area contributed by atoms with Gasteiger partial charge in [-0.1, -0.05) is 11.2 Å². The second-order valence-corrected chi connectivity index (χ2v) is 9.04. The highest BCUT2D eigenvalue weighted by molar-refractivity contribution is 7.89. The van der Waals surface area contributed by atoms with Crippen LogP contribution in [0.4, 0.5) is 27.5 Å². The van der Waals surface area contributed by atoms with E-state index < -0.39 is 15.8 Å². The predicted molar refractivity (Wildman–Crippen MR) is 118 cm³/mol. The van der Waals surface area contributed by atoms with E-state index in [0.717, 1.165) is 41.4 Å². The summed E-state index contributed by atoms with van der Waals surface area (Å²) in [5, 5.41) is 14.9. The lowest BCUT2D eigenvalue weighted by molar-refractivity contribution is 0.425. The molecule has 0 amide bonds. The first kappa shape index (κ1) is 21.0. The van der Waals surface area contributed by atoms with Gasteiger partial charge in [-0.15, -0.1) is 0 Å². The fraction of sp³-hybridized carbons (Fsp3) is 0.143. The van der Waals surface area contributed by atoms with Gasteiger partial charge in [-0.3, -0.25) is 0 Å². The van der Waals surface area contributed by atoms with Crippen LogP contribution in [0.5, 0.6) is 0 Å². The standard InChI is InChI=1S/C21H18FN7O3S/c1-11-25-20(32-29-11)16-7-8-18(15-6-5-14(15)16)27-19-17(22)10-24-21(28-19)26-12-3-2-4-13(9-12)33(23,30)31/h2-4,7-10H,5-6H2,1H3,(H2,23,30,31)(H2,24,26,27,28). The molecule has 0 spiro atoms. The molecule has 2 heterocycles. The van der Waals surface area contributed by atoms with Crippen LogP contribution in [-0.2, 0) is 22.9 Å². The van der Waals surface area contributed by atoms with Crippen LogP contribution >= 0.6 is 0 Å². The van der Waals surface area contributed by atoms with Gasteiger partial charge in [0.15, 0.2) is 17.5 Å². The molecule has 0 radical (unpaired) electrons. The third-order valence-corrected chi connectivity index (χ3v) is 6.14. The van der Waals surface area contributed by atoms with Crippen molar-refractivity contribution in [3.8, 4) is 11.5 Å². The number of rotatable bonds is 6. The lowest BCUT2D eigenvalue weighted by Crippen LogP contribution is -2.14. The Morgan fingerprint density at radius 1 is 1.09 bits per heavy atom. The van der Waals surface area contributed by atoms with Crippen LogP contribution in [-0.4, -0.2) is 28.5 Å². The molecule has 0 atom stereocenters. The van der Waals surface area contributed by atoms with Gasteiger partial charge in [-0.2, -0.15) is 9.97 Å². The molecular weight excluding hydrogens is 449 g/mol. The van der Waals surface area contributed by atoms with Crippen molar-refractivity contribution in [2.45, 2.75) is 24.7 Å². The van der Waals surface area contributed by atoms with Crippen molar-refractivity contribution in [1.29, 1.82) is 0 Å². The van der Waals surface area contributed by atoms with Crippen molar-refractivity contribution in [3.63, 3.8) is 0 Å². The number of halogens is 1. The second kappa shape index (κ2) is 7.90. The summed E-state index contributed by atoms with van der Waals surface area (Å²) in [7, 11) is -3.87. The summed E-state index contributed by atoms with van der Waals surface area (Å²) in [6.45, 7) is 1.75. The van der Waals surface area contributed by atoms with Crippen molar-refractivity contribution in [2.24, 2.45) is 5.14 Å². The number of fused-ring (bicyclic) bond motifs is 1. The lowest BCUT2D eigenvalue weighted by Gasteiger charge is -2.25. The molecule has 0 saturated carbocycles. The number of aryl methyl sites for hydroxylation is 1. The largest absolute Gasteiger partial charge is 0.337 e. The topological polar surface area (TPSA) is 149 Å². The Balaban J connectivity index is 1.41. The fourth-order valence-electron chi connectivity index (χ4n) is 3.58. The minimum Gasteiger partial charge on any atom is -0.337 e. The molecule has 0 saturated heterocycles. The summed E-state index contributed by atoms with van der Waals surface area (Å²) < 4.78 is 42.9. The highest BCUT2D eigenvalue weighted by atomic mass is 32.2. The van der Waals surface area contributed by atoms with E-state index in [1.54, 1.807) is 13.0 Å².